The molecule has 0 saturated carbocycles. The van der Waals surface area contributed by atoms with Gasteiger partial charge in [0.25, 0.3) is 5.91 Å². The van der Waals surface area contributed by atoms with Crippen molar-refractivity contribution in [2.75, 3.05) is 18.0 Å². The molecule has 2 aliphatic rings. The van der Waals surface area contributed by atoms with E-state index >= 15 is 0 Å². The second-order valence-electron chi connectivity index (χ2n) is 6.94. The highest BCUT2D eigenvalue weighted by Gasteiger charge is 2.42. The van der Waals surface area contributed by atoms with Gasteiger partial charge in [-0.2, -0.15) is 0 Å². The van der Waals surface area contributed by atoms with E-state index in [-0.39, 0.29) is 17.2 Å². The number of carbonyl (C=O) groups is 3. The van der Waals surface area contributed by atoms with Crippen molar-refractivity contribution in [2.24, 2.45) is 11.1 Å². The molecule has 2 fully saturated rings. The Kier molecular flexibility index (Phi) is 4.03. The minimum atomic E-state index is -0.492. The predicted molar refractivity (Wildman–Crippen MR) is 88.5 cm³/mol. The Morgan fingerprint density at radius 2 is 1.79 bits per heavy atom. The van der Waals surface area contributed by atoms with Gasteiger partial charge in [-0.15, -0.1) is 0 Å². The zero-order chi connectivity index (χ0) is 17.5. The minimum absolute atomic E-state index is 0.193. The zero-order valence-electron chi connectivity index (χ0n) is 14.0. The Balaban J connectivity index is 1.82. The number of primary amides is 1. The number of aryl methyl sites for hydroxylation is 2. The summed E-state index contributed by atoms with van der Waals surface area (Å²) in [5, 5.41) is 2.37. The molecule has 24 heavy (non-hydrogen) atoms. The van der Waals surface area contributed by atoms with Gasteiger partial charge in [-0.25, -0.2) is 4.98 Å². The van der Waals surface area contributed by atoms with Gasteiger partial charge in [0.05, 0.1) is 5.56 Å². The molecule has 7 heteroatoms. The number of hydrogen-bond donors (Lipinski definition) is 2. The first-order valence-electron chi connectivity index (χ1n) is 8.15. The van der Waals surface area contributed by atoms with Crippen LogP contribution in [0, 0.1) is 19.3 Å². The van der Waals surface area contributed by atoms with Gasteiger partial charge >= 0.3 is 0 Å². The predicted octanol–water partition coefficient (Wildman–Crippen LogP) is 0.821. The van der Waals surface area contributed by atoms with Crippen LogP contribution < -0.4 is 16.0 Å². The van der Waals surface area contributed by atoms with Crippen LogP contribution in [0.15, 0.2) is 6.07 Å². The smallest absolute Gasteiger partial charge is 0.252 e. The van der Waals surface area contributed by atoms with E-state index in [1.165, 1.54) is 0 Å². The molecular formula is C17H22N4O3. The SMILES string of the molecule is Cc1cc(C(N)=O)c(N2CCC3(CC2)CC(=O)NC(=O)C3)nc1C. The molecule has 0 aliphatic carbocycles. The first kappa shape index (κ1) is 16.4. The molecule has 1 aromatic heterocycles. The van der Waals surface area contributed by atoms with Crippen LogP contribution >= 0.6 is 0 Å². The van der Waals surface area contributed by atoms with Crippen LogP contribution in [0.4, 0.5) is 5.82 Å². The summed E-state index contributed by atoms with van der Waals surface area (Å²) < 4.78 is 0. The monoisotopic (exact) mass is 330 g/mol. The summed E-state index contributed by atoms with van der Waals surface area (Å²) in [5.74, 6) is -0.274. The highest BCUT2D eigenvalue weighted by Crippen LogP contribution is 2.41. The fraction of sp³-hybridized carbons (Fsp3) is 0.529. The van der Waals surface area contributed by atoms with Crippen molar-refractivity contribution in [3.05, 3.63) is 22.9 Å². The van der Waals surface area contributed by atoms with Crippen LogP contribution in [-0.4, -0.2) is 35.8 Å². The number of imide groups is 1. The topological polar surface area (TPSA) is 105 Å². The van der Waals surface area contributed by atoms with Crippen molar-refractivity contribution in [1.82, 2.24) is 10.3 Å². The molecular weight excluding hydrogens is 308 g/mol. The maximum Gasteiger partial charge on any atom is 0.252 e. The number of nitrogens with one attached hydrogen (secondary N) is 1. The van der Waals surface area contributed by atoms with E-state index < -0.39 is 5.91 Å². The van der Waals surface area contributed by atoms with Crippen molar-refractivity contribution in [1.29, 1.82) is 0 Å². The number of anilines is 1. The largest absolute Gasteiger partial charge is 0.365 e. The van der Waals surface area contributed by atoms with E-state index in [1.54, 1.807) is 6.07 Å². The van der Waals surface area contributed by atoms with E-state index in [4.69, 9.17) is 5.73 Å². The normalized spacial score (nSPS) is 20.2. The van der Waals surface area contributed by atoms with E-state index in [1.807, 2.05) is 18.7 Å². The third kappa shape index (κ3) is 2.98. The fourth-order valence-corrected chi connectivity index (χ4v) is 3.65. The summed E-state index contributed by atoms with van der Waals surface area (Å²) in [6, 6.07) is 1.78. The summed E-state index contributed by atoms with van der Waals surface area (Å²) in [5.41, 5.74) is 7.46. The van der Waals surface area contributed by atoms with Crippen LogP contribution in [0.1, 0.15) is 47.3 Å². The Morgan fingerprint density at radius 1 is 1.21 bits per heavy atom. The summed E-state index contributed by atoms with van der Waals surface area (Å²) in [6.45, 7) is 5.10. The number of nitrogens with zero attached hydrogens (tertiary/aromatic N) is 2. The Labute approximate surface area is 140 Å². The molecule has 0 bridgehead atoms. The maximum atomic E-state index is 11.8. The lowest BCUT2D eigenvalue weighted by Gasteiger charge is -2.43. The Morgan fingerprint density at radius 3 is 2.33 bits per heavy atom. The summed E-state index contributed by atoms with van der Waals surface area (Å²) in [7, 11) is 0. The summed E-state index contributed by atoms with van der Waals surface area (Å²) >= 11 is 0. The standard InChI is InChI=1S/C17H22N4O3/c1-10-7-12(15(18)24)16(19-11(10)2)21-5-3-17(4-6-21)8-13(22)20-14(23)9-17/h7H,3-6,8-9H2,1-2H3,(H2,18,24)(H,20,22,23). The molecule has 7 nitrogen and oxygen atoms in total. The highest BCUT2D eigenvalue weighted by molar-refractivity contribution is 5.99. The van der Waals surface area contributed by atoms with Crippen LogP contribution in [0.3, 0.4) is 0 Å². The number of nitrogens with two attached hydrogens (primary N) is 1. The molecule has 0 aromatic carbocycles. The number of piperidine rings is 2. The summed E-state index contributed by atoms with van der Waals surface area (Å²) in [6.07, 6.45) is 2.21. The van der Waals surface area contributed by atoms with E-state index in [2.05, 4.69) is 10.3 Å². The molecule has 2 saturated heterocycles. The molecule has 1 aromatic rings. The number of amides is 3. The number of aromatic nitrogens is 1. The minimum Gasteiger partial charge on any atom is -0.365 e. The lowest BCUT2D eigenvalue weighted by Crippen LogP contribution is -2.50. The average Bonchev–Trinajstić information content (AvgIpc) is 2.49. The van der Waals surface area contributed by atoms with Crippen molar-refractivity contribution in [3.8, 4) is 0 Å². The number of rotatable bonds is 2. The third-order valence-corrected chi connectivity index (χ3v) is 5.19. The van der Waals surface area contributed by atoms with Gasteiger partial charge in [-0.3, -0.25) is 19.7 Å². The fourth-order valence-electron chi connectivity index (χ4n) is 3.65. The van der Waals surface area contributed by atoms with Gasteiger partial charge in [-0.1, -0.05) is 0 Å². The van der Waals surface area contributed by atoms with Gasteiger partial charge < -0.3 is 10.6 Å². The van der Waals surface area contributed by atoms with E-state index in [9.17, 15) is 14.4 Å². The quantitative estimate of drug-likeness (QED) is 0.781. The van der Waals surface area contributed by atoms with Gasteiger partial charge in [0, 0.05) is 31.6 Å². The molecule has 2 aliphatic heterocycles. The third-order valence-electron chi connectivity index (χ3n) is 5.19. The first-order chi connectivity index (χ1) is 11.3. The summed E-state index contributed by atoms with van der Waals surface area (Å²) in [4.78, 5) is 41.8. The van der Waals surface area contributed by atoms with Crippen molar-refractivity contribution < 1.29 is 14.4 Å². The number of pyridine rings is 1. The van der Waals surface area contributed by atoms with Crippen molar-refractivity contribution >= 4 is 23.5 Å². The van der Waals surface area contributed by atoms with Gasteiger partial charge in [0.1, 0.15) is 5.82 Å². The molecule has 1 spiro atoms. The molecule has 3 N–H and O–H groups in total. The lowest BCUT2D eigenvalue weighted by molar-refractivity contribution is -0.138. The van der Waals surface area contributed by atoms with Crippen LogP contribution in [0.25, 0.3) is 0 Å². The number of hydrogen-bond acceptors (Lipinski definition) is 5. The highest BCUT2D eigenvalue weighted by atomic mass is 16.2. The number of carbonyl (C=O) groups excluding carboxylic acids is 3. The molecule has 0 radical (unpaired) electrons. The Bertz CT molecular complexity index is 703. The second-order valence-corrected chi connectivity index (χ2v) is 6.94. The van der Waals surface area contributed by atoms with Crippen molar-refractivity contribution in [3.63, 3.8) is 0 Å². The zero-order valence-corrected chi connectivity index (χ0v) is 14.0. The first-order valence-corrected chi connectivity index (χ1v) is 8.15. The molecule has 0 atom stereocenters. The van der Waals surface area contributed by atoms with Crippen molar-refractivity contribution in [2.45, 2.75) is 39.5 Å². The van der Waals surface area contributed by atoms with E-state index in [0.29, 0.717) is 37.3 Å². The Hall–Kier alpha value is -2.44. The second kappa shape index (κ2) is 5.89. The molecule has 3 amide bonds. The van der Waals surface area contributed by atoms with Gasteiger partial charge in [0.15, 0.2) is 0 Å². The molecule has 3 heterocycles. The van der Waals surface area contributed by atoms with Crippen LogP contribution in [0.5, 0.6) is 0 Å². The van der Waals surface area contributed by atoms with Gasteiger partial charge in [-0.05, 0) is 43.7 Å². The maximum absolute atomic E-state index is 11.8. The lowest BCUT2D eigenvalue weighted by atomic mass is 9.71. The van der Waals surface area contributed by atoms with Crippen LogP contribution in [0.2, 0.25) is 0 Å². The molecule has 128 valence electrons. The van der Waals surface area contributed by atoms with Crippen LogP contribution in [-0.2, 0) is 9.59 Å². The molecule has 0 unspecified atom stereocenters. The van der Waals surface area contributed by atoms with Gasteiger partial charge in [0.2, 0.25) is 11.8 Å². The van der Waals surface area contributed by atoms with E-state index in [0.717, 1.165) is 24.1 Å². The molecule has 3 rings (SSSR count). The average molecular weight is 330 g/mol.